The van der Waals surface area contributed by atoms with Gasteiger partial charge in [-0.25, -0.2) is 4.79 Å². The number of hydrogen-bond acceptors (Lipinski definition) is 4. The summed E-state index contributed by atoms with van der Waals surface area (Å²) in [6.45, 7) is 11.4. The van der Waals surface area contributed by atoms with Gasteiger partial charge in [-0.2, -0.15) is 0 Å². The van der Waals surface area contributed by atoms with Crippen LogP contribution in [0.25, 0.3) is 10.9 Å². The van der Waals surface area contributed by atoms with Crippen molar-refractivity contribution in [3.8, 4) is 0 Å². The first kappa shape index (κ1) is 22.6. The number of methoxy groups -OCH3 is 1. The van der Waals surface area contributed by atoms with E-state index >= 15 is 0 Å². The van der Waals surface area contributed by atoms with Gasteiger partial charge in [0, 0.05) is 49.3 Å². The molecule has 5 nitrogen and oxygen atoms in total. The summed E-state index contributed by atoms with van der Waals surface area (Å²) in [5, 5.41) is 1.34. The third-order valence-electron chi connectivity index (χ3n) is 6.91. The first-order valence-corrected chi connectivity index (χ1v) is 11.6. The number of carbonyl (C=O) groups is 1. The second-order valence-corrected chi connectivity index (χ2v) is 9.08. The second-order valence-electron chi connectivity index (χ2n) is 9.08. The van der Waals surface area contributed by atoms with E-state index in [1.807, 2.05) is 12.1 Å². The Morgan fingerprint density at radius 2 is 1.72 bits per heavy atom. The lowest BCUT2D eigenvalue weighted by Gasteiger charge is -2.32. The fourth-order valence-corrected chi connectivity index (χ4v) is 4.78. The summed E-state index contributed by atoms with van der Waals surface area (Å²) in [6.07, 6.45) is 1.98. The van der Waals surface area contributed by atoms with Crippen LogP contribution in [0.3, 0.4) is 0 Å². The molecule has 1 aromatic heterocycles. The highest BCUT2D eigenvalue weighted by atomic mass is 16.5. The van der Waals surface area contributed by atoms with Crippen LogP contribution in [-0.2, 0) is 17.7 Å². The Bertz CT molecular complexity index is 1090. The Morgan fingerprint density at radius 1 is 0.969 bits per heavy atom. The fourth-order valence-electron chi connectivity index (χ4n) is 4.78. The maximum atomic E-state index is 11.8. The molecule has 1 aliphatic heterocycles. The van der Waals surface area contributed by atoms with E-state index in [0.717, 1.165) is 18.5 Å². The molecule has 0 N–H and O–H groups in total. The van der Waals surface area contributed by atoms with E-state index in [-0.39, 0.29) is 5.97 Å². The largest absolute Gasteiger partial charge is 0.465 e. The third-order valence-corrected chi connectivity index (χ3v) is 6.91. The second kappa shape index (κ2) is 9.88. The van der Waals surface area contributed by atoms with Gasteiger partial charge in [-0.1, -0.05) is 18.2 Å². The number of aromatic nitrogens is 1. The maximum absolute atomic E-state index is 11.8. The number of hydrogen-bond donors (Lipinski definition) is 0. The quantitative estimate of drug-likeness (QED) is 0.522. The van der Waals surface area contributed by atoms with E-state index < -0.39 is 0 Å². The number of esters is 1. The molecule has 2 aromatic carbocycles. The van der Waals surface area contributed by atoms with Crippen LogP contribution in [0, 0.1) is 13.8 Å². The van der Waals surface area contributed by atoms with Crippen molar-refractivity contribution in [3.05, 3.63) is 70.4 Å². The zero-order valence-corrected chi connectivity index (χ0v) is 19.9. The first-order chi connectivity index (χ1) is 15.5. The molecule has 4 rings (SSSR count). The normalized spacial score (nSPS) is 15.4. The van der Waals surface area contributed by atoms with Gasteiger partial charge in [0.1, 0.15) is 0 Å². The highest BCUT2D eigenvalue weighted by Crippen LogP contribution is 2.27. The zero-order valence-electron chi connectivity index (χ0n) is 19.9. The van der Waals surface area contributed by atoms with Gasteiger partial charge in [0.2, 0.25) is 0 Å². The molecule has 0 aliphatic carbocycles. The van der Waals surface area contributed by atoms with E-state index in [1.54, 1.807) is 6.07 Å². The highest BCUT2D eigenvalue weighted by Gasteiger charge is 2.15. The predicted molar refractivity (Wildman–Crippen MR) is 131 cm³/mol. The number of nitrogens with zero attached hydrogens (tertiary/aromatic N) is 3. The standard InChI is InChI=1S/C27H35N3O2/c1-20-21(2)30(12-6-11-29-15-13-28(3)14-16-29)26-10-9-23(19-25(20)26)17-22-7-5-8-24(18-22)27(31)32-4/h5,7-10,18-19H,6,11-17H2,1-4H3. The molecule has 0 spiro atoms. The van der Waals surface area contributed by atoms with Gasteiger partial charge in [0.15, 0.2) is 0 Å². The lowest BCUT2D eigenvalue weighted by Crippen LogP contribution is -2.44. The molecule has 5 heteroatoms. The van der Waals surface area contributed by atoms with Crippen molar-refractivity contribution < 1.29 is 9.53 Å². The summed E-state index contributed by atoms with van der Waals surface area (Å²) in [6, 6.07) is 14.5. The summed E-state index contributed by atoms with van der Waals surface area (Å²) in [7, 11) is 3.63. The molecule has 3 aromatic rings. The topological polar surface area (TPSA) is 37.7 Å². The Morgan fingerprint density at radius 3 is 2.47 bits per heavy atom. The van der Waals surface area contributed by atoms with Gasteiger partial charge in [-0.05, 0) is 81.2 Å². The number of fused-ring (bicyclic) bond motifs is 1. The molecule has 1 saturated heterocycles. The van der Waals surface area contributed by atoms with Gasteiger partial charge in [-0.3, -0.25) is 0 Å². The summed E-state index contributed by atoms with van der Waals surface area (Å²) < 4.78 is 7.35. The lowest BCUT2D eigenvalue weighted by atomic mass is 10.0. The van der Waals surface area contributed by atoms with Crippen LogP contribution in [-0.4, -0.2) is 67.2 Å². The average molecular weight is 434 g/mol. The summed E-state index contributed by atoms with van der Waals surface area (Å²) in [5.41, 5.74) is 7.04. The van der Waals surface area contributed by atoms with Crippen molar-refractivity contribution in [1.82, 2.24) is 14.4 Å². The Labute approximate surface area is 191 Å². The van der Waals surface area contributed by atoms with Crippen LogP contribution in [0.4, 0.5) is 0 Å². The predicted octanol–water partition coefficient (Wildman–Crippen LogP) is 4.27. The van der Waals surface area contributed by atoms with Gasteiger partial charge in [0.25, 0.3) is 0 Å². The Balaban J connectivity index is 1.48. The van der Waals surface area contributed by atoms with Crippen molar-refractivity contribution in [1.29, 1.82) is 0 Å². The highest BCUT2D eigenvalue weighted by molar-refractivity contribution is 5.89. The van der Waals surface area contributed by atoms with E-state index in [1.165, 1.54) is 74.0 Å². The fraction of sp³-hybridized carbons (Fsp3) is 0.444. The lowest BCUT2D eigenvalue weighted by molar-refractivity contribution is 0.0600. The number of likely N-dealkylation sites (N-methyl/N-ethyl adjacent to an activating group) is 1. The van der Waals surface area contributed by atoms with E-state index in [9.17, 15) is 4.79 Å². The number of benzene rings is 2. The SMILES string of the molecule is COC(=O)c1cccc(Cc2ccc3c(c2)c(C)c(C)n3CCCN2CCN(C)CC2)c1. The summed E-state index contributed by atoms with van der Waals surface area (Å²) in [5.74, 6) is -0.289. The third kappa shape index (κ3) is 4.89. The summed E-state index contributed by atoms with van der Waals surface area (Å²) in [4.78, 5) is 16.9. The molecule has 32 heavy (non-hydrogen) atoms. The van der Waals surface area contributed by atoms with Crippen LogP contribution in [0.15, 0.2) is 42.5 Å². The number of ether oxygens (including phenoxy) is 1. The minimum absolute atomic E-state index is 0.289. The van der Waals surface area contributed by atoms with Crippen LogP contribution in [0.2, 0.25) is 0 Å². The van der Waals surface area contributed by atoms with Gasteiger partial charge < -0.3 is 19.1 Å². The molecular weight excluding hydrogens is 398 g/mol. The van der Waals surface area contributed by atoms with Gasteiger partial charge in [0.05, 0.1) is 12.7 Å². The Hall–Kier alpha value is -2.63. The van der Waals surface area contributed by atoms with E-state index in [2.05, 4.69) is 59.5 Å². The van der Waals surface area contributed by atoms with Gasteiger partial charge >= 0.3 is 5.97 Å². The van der Waals surface area contributed by atoms with Crippen molar-refractivity contribution in [2.75, 3.05) is 46.9 Å². The van der Waals surface area contributed by atoms with Crippen LogP contribution < -0.4 is 0 Å². The number of carbonyl (C=O) groups excluding carboxylic acids is 1. The minimum Gasteiger partial charge on any atom is -0.465 e. The van der Waals surface area contributed by atoms with Crippen molar-refractivity contribution in [2.24, 2.45) is 0 Å². The number of rotatable bonds is 7. The van der Waals surface area contributed by atoms with Crippen LogP contribution in [0.1, 0.15) is 39.2 Å². The van der Waals surface area contributed by atoms with Crippen LogP contribution in [0.5, 0.6) is 0 Å². The van der Waals surface area contributed by atoms with Crippen molar-refractivity contribution in [3.63, 3.8) is 0 Å². The zero-order chi connectivity index (χ0) is 22.7. The maximum Gasteiger partial charge on any atom is 0.337 e. The first-order valence-electron chi connectivity index (χ1n) is 11.6. The molecule has 0 amide bonds. The van der Waals surface area contributed by atoms with Crippen molar-refractivity contribution in [2.45, 2.75) is 33.2 Å². The molecule has 2 heterocycles. The molecule has 1 fully saturated rings. The van der Waals surface area contributed by atoms with Crippen molar-refractivity contribution >= 4 is 16.9 Å². The molecule has 0 atom stereocenters. The van der Waals surface area contributed by atoms with Crippen LogP contribution >= 0.6 is 0 Å². The smallest absolute Gasteiger partial charge is 0.337 e. The average Bonchev–Trinajstić information content (AvgIpc) is 3.04. The molecule has 0 bridgehead atoms. The monoisotopic (exact) mass is 433 g/mol. The van der Waals surface area contributed by atoms with Gasteiger partial charge in [-0.15, -0.1) is 0 Å². The molecule has 0 radical (unpaired) electrons. The number of piperazine rings is 1. The molecular formula is C27H35N3O2. The van der Waals surface area contributed by atoms with E-state index in [0.29, 0.717) is 5.56 Å². The van der Waals surface area contributed by atoms with E-state index in [4.69, 9.17) is 4.74 Å². The Kier molecular flexibility index (Phi) is 6.97. The molecule has 0 unspecified atom stereocenters. The molecule has 0 saturated carbocycles. The number of aryl methyl sites for hydroxylation is 2. The summed E-state index contributed by atoms with van der Waals surface area (Å²) >= 11 is 0. The molecule has 1 aliphatic rings. The minimum atomic E-state index is -0.289. The molecule has 170 valence electrons.